The van der Waals surface area contributed by atoms with Crippen molar-refractivity contribution in [3.05, 3.63) is 53.9 Å². The van der Waals surface area contributed by atoms with Gasteiger partial charge in [0.05, 0.1) is 11.9 Å². The molecule has 0 saturated heterocycles. The van der Waals surface area contributed by atoms with Gasteiger partial charge in [0.1, 0.15) is 22.1 Å². The van der Waals surface area contributed by atoms with Crippen molar-refractivity contribution < 1.29 is 13.2 Å². The Morgan fingerprint density at radius 3 is 2.62 bits per heavy atom. The van der Waals surface area contributed by atoms with Gasteiger partial charge in [0.25, 0.3) is 5.91 Å². The lowest BCUT2D eigenvalue weighted by Crippen LogP contribution is -2.31. The number of nitrogens with two attached hydrogens (primary N) is 1. The number of fused-ring (bicyclic) bond motifs is 1. The molecule has 1 aliphatic heterocycles. The van der Waals surface area contributed by atoms with E-state index in [1.807, 2.05) is 6.07 Å². The van der Waals surface area contributed by atoms with E-state index in [0.717, 1.165) is 30.4 Å². The molecule has 5 rings (SSSR count). The molecule has 0 atom stereocenters. The third kappa shape index (κ3) is 3.61. The van der Waals surface area contributed by atoms with Crippen LogP contribution in [0.1, 0.15) is 28.8 Å². The standard InChI is InChI=1S/C22H22N6O3S/c1-28(15-3-4-15)32(30,31)16-5-7-18(25-11-16)19-12-26-21(23)20(27-19)14-2-6-17-13(10-14)8-9-24-22(17)29/h2,5-7,10-12,15H,3-4,8-9H2,1H3,(H2,23,26)(H,24,29). The molecule has 1 aliphatic carbocycles. The van der Waals surface area contributed by atoms with Crippen molar-refractivity contribution in [3.8, 4) is 22.6 Å². The number of benzene rings is 1. The minimum Gasteiger partial charge on any atom is -0.382 e. The van der Waals surface area contributed by atoms with Gasteiger partial charge in [0.15, 0.2) is 0 Å². The van der Waals surface area contributed by atoms with Crippen molar-refractivity contribution in [2.45, 2.75) is 30.2 Å². The molecule has 32 heavy (non-hydrogen) atoms. The smallest absolute Gasteiger partial charge is 0.251 e. The maximum Gasteiger partial charge on any atom is 0.251 e. The molecule has 1 fully saturated rings. The topological polar surface area (TPSA) is 131 Å². The molecule has 3 aromatic rings. The van der Waals surface area contributed by atoms with E-state index in [1.165, 1.54) is 22.8 Å². The number of carbonyl (C=O) groups excluding carboxylic acids is 1. The fourth-order valence-electron chi connectivity index (χ4n) is 3.79. The summed E-state index contributed by atoms with van der Waals surface area (Å²) in [6, 6.07) is 8.70. The first-order valence-electron chi connectivity index (χ1n) is 10.3. The number of rotatable bonds is 5. The van der Waals surface area contributed by atoms with Gasteiger partial charge in [-0.15, -0.1) is 0 Å². The summed E-state index contributed by atoms with van der Waals surface area (Å²) in [5.74, 6) is 0.177. The minimum absolute atomic E-state index is 0.0768. The van der Waals surface area contributed by atoms with Crippen molar-refractivity contribution in [3.63, 3.8) is 0 Å². The van der Waals surface area contributed by atoms with Crippen molar-refractivity contribution >= 4 is 21.7 Å². The first-order chi connectivity index (χ1) is 15.3. The highest BCUT2D eigenvalue weighted by Crippen LogP contribution is 2.31. The van der Waals surface area contributed by atoms with E-state index in [-0.39, 0.29) is 22.7 Å². The van der Waals surface area contributed by atoms with Crippen LogP contribution in [0.25, 0.3) is 22.6 Å². The molecule has 2 aromatic heterocycles. The zero-order chi connectivity index (χ0) is 22.5. The quantitative estimate of drug-likeness (QED) is 0.606. The summed E-state index contributed by atoms with van der Waals surface area (Å²) in [6.07, 6.45) is 5.36. The lowest BCUT2D eigenvalue weighted by Gasteiger charge is -2.17. The molecule has 164 valence electrons. The number of hydrogen-bond donors (Lipinski definition) is 2. The predicted molar refractivity (Wildman–Crippen MR) is 119 cm³/mol. The van der Waals surface area contributed by atoms with Crippen molar-refractivity contribution in [1.82, 2.24) is 24.6 Å². The van der Waals surface area contributed by atoms with Crippen LogP contribution < -0.4 is 11.1 Å². The van der Waals surface area contributed by atoms with Crippen LogP contribution in [0.15, 0.2) is 47.6 Å². The summed E-state index contributed by atoms with van der Waals surface area (Å²) in [4.78, 5) is 25.4. The second-order valence-corrected chi connectivity index (χ2v) is 10.00. The zero-order valence-electron chi connectivity index (χ0n) is 17.4. The number of amides is 1. The zero-order valence-corrected chi connectivity index (χ0v) is 18.3. The SMILES string of the molecule is CN(C1CC1)S(=O)(=O)c1ccc(-c2cnc(N)c(-c3ccc4c(c3)CCNC4=O)n2)nc1. The average molecular weight is 451 g/mol. The summed E-state index contributed by atoms with van der Waals surface area (Å²) >= 11 is 0. The number of pyridine rings is 1. The van der Waals surface area contributed by atoms with E-state index < -0.39 is 10.0 Å². The largest absolute Gasteiger partial charge is 0.382 e. The van der Waals surface area contributed by atoms with Crippen LogP contribution in [0.3, 0.4) is 0 Å². The van der Waals surface area contributed by atoms with Gasteiger partial charge < -0.3 is 11.1 Å². The fourth-order valence-corrected chi connectivity index (χ4v) is 5.16. The highest BCUT2D eigenvalue weighted by molar-refractivity contribution is 7.89. The Hall–Kier alpha value is -3.37. The second kappa shape index (κ2) is 7.64. The first-order valence-corrected chi connectivity index (χ1v) is 11.8. The summed E-state index contributed by atoms with van der Waals surface area (Å²) < 4.78 is 26.8. The van der Waals surface area contributed by atoms with Gasteiger partial charge in [-0.25, -0.2) is 18.4 Å². The monoisotopic (exact) mass is 450 g/mol. The lowest BCUT2D eigenvalue weighted by molar-refractivity contribution is 0.0946. The number of nitrogen functional groups attached to an aromatic ring is 1. The molecule has 1 saturated carbocycles. The van der Waals surface area contributed by atoms with Gasteiger partial charge in [-0.3, -0.25) is 9.78 Å². The summed E-state index contributed by atoms with van der Waals surface area (Å²) in [5, 5.41) is 2.83. The maximum atomic E-state index is 12.7. The number of anilines is 1. The van der Waals surface area contributed by atoms with Gasteiger partial charge >= 0.3 is 0 Å². The number of nitrogens with zero attached hydrogens (tertiary/aromatic N) is 4. The Labute approximate surface area is 185 Å². The number of hydrogen-bond acceptors (Lipinski definition) is 7. The van der Waals surface area contributed by atoms with Gasteiger partial charge in [0.2, 0.25) is 10.0 Å². The van der Waals surface area contributed by atoms with Crippen LogP contribution in [0.2, 0.25) is 0 Å². The van der Waals surface area contributed by atoms with E-state index in [0.29, 0.717) is 29.2 Å². The Morgan fingerprint density at radius 1 is 1.09 bits per heavy atom. The maximum absolute atomic E-state index is 12.7. The van der Waals surface area contributed by atoms with E-state index in [9.17, 15) is 13.2 Å². The number of sulfonamides is 1. The third-order valence-electron chi connectivity index (χ3n) is 5.84. The van der Waals surface area contributed by atoms with E-state index in [2.05, 4.69) is 20.3 Å². The van der Waals surface area contributed by atoms with Crippen LogP contribution in [0, 0.1) is 0 Å². The van der Waals surface area contributed by atoms with Crippen LogP contribution in [-0.4, -0.2) is 53.2 Å². The van der Waals surface area contributed by atoms with Gasteiger partial charge in [-0.05, 0) is 49.1 Å². The Kier molecular flexibility index (Phi) is 4.90. The minimum atomic E-state index is -3.56. The molecular formula is C22H22N6O3S. The van der Waals surface area contributed by atoms with Crippen LogP contribution in [-0.2, 0) is 16.4 Å². The molecular weight excluding hydrogens is 428 g/mol. The highest BCUT2D eigenvalue weighted by atomic mass is 32.2. The second-order valence-electron chi connectivity index (χ2n) is 8.00. The van der Waals surface area contributed by atoms with Gasteiger partial charge in [0, 0.05) is 37.0 Å². The normalized spacial score (nSPS) is 16.0. The van der Waals surface area contributed by atoms with Crippen LogP contribution in [0.5, 0.6) is 0 Å². The van der Waals surface area contributed by atoms with Crippen molar-refractivity contribution in [1.29, 1.82) is 0 Å². The van der Waals surface area contributed by atoms with E-state index >= 15 is 0 Å². The molecule has 1 amide bonds. The molecule has 3 heterocycles. The Bertz CT molecular complexity index is 1320. The Balaban J connectivity index is 1.47. The number of nitrogens with one attached hydrogen (secondary N) is 1. The number of carbonyl (C=O) groups is 1. The molecule has 0 bridgehead atoms. The summed E-state index contributed by atoms with van der Waals surface area (Å²) in [5.41, 5.74) is 9.89. The van der Waals surface area contributed by atoms with Crippen LogP contribution in [0.4, 0.5) is 5.82 Å². The average Bonchev–Trinajstić information content (AvgIpc) is 3.64. The molecule has 1 aromatic carbocycles. The molecule has 0 radical (unpaired) electrons. The highest BCUT2D eigenvalue weighted by Gasteiger charge is 2.35. The number of aromatic nitrogens is 3. The van der Waals surface area contributed by atoms with Crippen molar-refractivity contribution in [2.75, 3.05) is 19.3 Å². The molecule has 2 aliphatic rings. The molecule has 0 unspecified atom stereocenters. The predicted octanol–water partition coefficient (Wildman–Crippen LogP) is 1.86. The lowest BCUT2D eigenvalue weighted by atomic mass is 9.96. The molecule has 0 spiro atoms. The van der Waals surface area contributed by atoms with Crippen LogP contribution >= 0.6 is 0 Å². The molecule has 10 heteroatoms. The fraction of sp³-hybridized carbons (Fsp3) is 0.273. The van der Waals surface area contributed by atoms with E-state index in [4.69, 9.17) is 5.73 Å². The van der Waals surface area contributed by atoms with Crippen molar-refractivity contribution in [2.24, 2.45) is 0 Å². The van der Waals surface area contributed by atoms with Gasteiger partial charge in [-0.1, -0.05) is 6.07 Å². The third-order valence-corrected chi connectivity index (χ3v) is 7.73. The summed E-state index contributed by atoms with van der Waals surface area (Å²) in [7, 11) is -1.97. The Morgan fingerprint density at radius 2 is 1.91 bits per heavy atom. The molecule has 3 N–H and O–H groups in total. The van der Waals surface area contributed by atoms with Gasteiger partial charge in [-0.2, -0.15) is 4.31 Å². The summed E-state index contributed by atoms with van der Waals surface area (Å²) in [6.45, 7) is 0.589. The van der Waals surface area contributed by atoms with E-state index in [1.54, 1.807) is 25.2 Å². The first kappa shape index (κ1) is 20.5. The molecule has 9 nitrogen and oxygen atoms in total.